The largest absolute Gasteiger partial charge is 0.393 e. The van der Waals surface area contributed by atoms with Gasteiger partial charge in [-0.05, 0) is 36.5 Å². The Morgan fingerprint density at radius 3 is 2.60 bits per heavy atom. The lowest BCUT2D eigenvalue weighted by Crippen LogP contribution is -2.19. The Labute approximate surface area is 97.1 Å². The van der Waals surface area contributed by atoms with Gasteiger partial charge in [0.05, 0.1) is 6.10 Å². The van der Waals surface area contributed by atoms with Crippen LogP contribution in [0, 0.1) is 12.8 Å². The van der Waals surface area contributed by atoms with Crippen molar-refractivity contribution in [1.29, 1.82) is 0 Å². The Morgan fingerprint density at radius 2 is 2.07 bits per heavy atom. The second-order valence-corrected chi connectivity index (χ2v) is 4.65. The fraction of sp³-hybridized carbons (Fsp3) is 0.538. The SMILES string of the molecule is CCC(C)C(O)Cc1ccc(Cl)c(C)c1. The summed E-state index contributed by atoms with van der Waals surface area (Å²) < 4.78 is 0. The van der Waals surface area contributed by atoms with E-state index in [4.69, 9.17) is 11.6 Å². The molecule has 2 unspecified atom stereocenters. The monoisotopic (exact) mass is 226 g/mol. The molecule has 0 aromatic heterocycles. The molecule has 0 fully saturated rings. The molecule has 0 spiro atoms. The lowest BCUT2D eigenvalue weighted by molar-refractivity contribution is 0.115. The van der Waals surface area contributed by atoms with Gasteiger partial charge in [-0.2, -0.15) is 0 Å². The van der Waals surface area contributed by atoms with E-state index in [0.717, 1.165) is 22.6 Å². The molecule has 0 aliphatic rings. The number of aliphatic hydroxyl groups excluding tert-OH is 1. The molecule has 0 saturated heterocycles. The van der Waals surface area contributed by atoms with E-state index in [1.165, 1.54) is 0 Å². The Hall–Kier alpha value is -0.530. The first kappa shape index (κ1) is 12.5. The molecule has 1 N–H and O–H groups in total. The van der Waals surface area contributed by atoms with Gasteiger partial charge in [0.1, 0.15) is 0 Å². The number of halogens is 1. The van der Waals surface area contributed by atoms with Gasteiger partial charge in [0.25, 0.3) is 0 Å². The predicted octanol–water partition coefficient (Wildman–Crippen LogP) is 3.60. The van der Waals surface area contributed by atoms with Crippen LogP contribution in [0.15, 0.2) is 18.2 Å². The molecule has 1 rings (SSSR count). The highest BCUT2D eigenvalue weighted by atomic mass is 35.5. The maximum Gasteiger partial charge on any atom is 0.0605 e. The van der Waals surface area contributed by atoms with Crippen LogP contribution in [0.5, 0.6) is 0 Å². The van der Waals surface area contributed by atoms with Crippen LogP contribution in [0.4, 0.5) is 0 Å². The maximum absolute atomic E-state index is 9.90. The Balaban J connectivity index is 2.68. The molecule has 0 bridgehead atoms. The van der Waals surface area contributed by atoms with Crippen molar-refractivity contribution in [3.63, 3.8) is 0 Å². The van der Waals surface area contributed by atoms with Gasteiger partial charge in [-0.3, -0.25) is 0 Å². The molecular weight excluding hydrogens is 208 g/mol. The molecule has 15 heavy (non-hydrogen) atoms. The van der Waals surface area contributed by atoms with Crippen LogP contribution >= 0.6 is 11.6 Å². The van der Waals surface area contributed by atoms with Crippen molar-refractivity contribution in [3.8, 4) is 0 Å². The minimum Gasteiger partial charge on any atom is -0.393 e. The van der Waals surface area contributed by atoms with Gasteiger partial charge in [-0.25, -0.2) is 0 Å². The fourth-order valence-corrected chi connectivity index (χ4v) is 1.67. The third-order valence-electron chi connectivity index (χ3n) is 2.97. The molecule has 84 valence electrons. The molecule has 2 atom stereocenters. The van der Waals surface area contributed by atoms with Crippen LogP contribution in [-0.4, -0.2) is 11.2 Å². The van der Waals surface area contributed by atoms with E-state index in [-0.39, 0.29) is 6.10 Å². The second kappa shape index (κ2) is 5.53. The minimum absolute atomic E-state index is 0.254. The first-order chi connectivity index (χ1) is 7.04. The van der Waals surface area contributed by atoms with Crippen molar-refractivity contribution in [3.05, 3.63) is 34.3 Å². The summed E-state index contributed by atoms with van der Waals surface area (Å²) in [6.07, 6.45) is 1.47. The third-order valence-corrected chi connectivity index (χ3v) is 3.39. The summed E-state index contributed by atoms with van der Waals surface area (Å²) in [6.45, 7) is 6.16. The van der Waals surface area contributed by atoms with Crippen molar-refractivity contribution < 1.29 is 5.11 Å². The zero-order valence-corrected chi connectivity index (χ0v) is 10.4. The first-order valence-corrected chi connectivity index (χ1v) is 5.85. The molecule has 1 nitrogen and oxygen atoms in total. The molecule has 2 heteroatoms. The van der Waals surface area contributed by atoms with Crippen LogP contribution < -0.4 is 0 Å². The van der Waals surface area contributed by atoms with E-state index in [1.807, 2.05) is 25.1 Å². The smallest absolute Gasteiger partial charge is 0.0605 e. The van der Waals surface area contributed by atoms with Crippen LogP contribution in [0.3, 0.4) is 0 Å². The third kappa shape index (κ3) is 3.51. The van der Waals surface area contributed by atoms with E-state index in [2.05, 4.69) is 13.8 Å². The highest BCUT2D eigenvalue weighted by Gasteiger charge is 2.12. The van der Waals surface area contributed by atoms with Gasteiger partial charge in [0.15, 0.2) is 0 Å². The van der Waals surface area contributed by atoms with E-state index in [0.29, 0.717) is 12.3 Å². The summed E-state index contributed by atoms with van der Waals surface area (Å²) in [6, 6.07) is 5.93. The Bertz CT molecular complexity index is 322. The average Bonchev–Trinajstić information content (AvgIpc) is 2.22. The molecule has 0 radical (unpaired) electrons. The molecule has 0 saturated carbocycles. The number of aliphatic hydroxyl groups is 1. The van der Waals surface area contributed by atoms with Gasteiger partial charge < -0.3 is 5.11 Å². The average molecular weight is 227 g/mol. The molecule has 1 aromatic rings. The number of aryl methyl sites for hydroxylation is 1. The number of benzene rings is 1. The molecule has 0 aliphatic carbocycles. The summed E-state index contributed by atoms with van der Waals surface area (Å²) in [4.78, 5) is 0. The molecular formula is C13H19ClO. The van der Waals surface area contributed by atoms with Crippen LogP contribution in [0.2, 0.25) is 5.02 Å². The van der Waals surface area contributed by atoms with E-state index < -0.39 is 0 Å². The van der Waals surface area contributed by atoms with Gasteiger partial charge in [0.2, 0.25) is 0 Å². The van der Waals surface area contributed by atoms with Gasteiger partial charge >= 0.3 is 0 Å². The molecule has 0 heterocycles. The normalized spacial score (nSPS) is 15.0. The van der Waals surface area contributed by atoms with Crippen LogP contribution in [0.25, 0.3) is 0 Å². The van der Waals surface area contributed by atoms with Gasteiger partial charge in [-0.15, -0.1) is 0 Å². The molecule has 0 aliphatic heterocycles. The zero-order chi connectivity index (χ0) is 11.4. The number of rotatable bonds is 4. The summed E-state index contributed by atoms with van der Waals surface area (Å²) in [7, 11) is 0. The minimum atomic E-state index is -0.254. The second-order valence-electron chi connectivity index (χ2n) is 4.24. The summed E-state index contributed by atoms with van der Waals surface area (Å²) >= 11 is 5.94. The van der Waals surface area contributed by atoms with Gasteiger partial charge in [-0.1, -0.05) is 44.0 Å². The summed E-state index contributed by atoms with van der Waals surface area (Å²) in [5.41, 5.74) is 2.23. The van der Waals surface area contributed by atoms with E-state index >= 15 is 0 Å². The molecule has 1 aromatic carbocycles. The fourth-order valence-electron chi connectivity index (χ4n) is 1.55. The summed E-state index contributed by atoms with van der Waals surface area (Å²) in [5.74, 6) is 0.348. The summed E-state index contributed by atoms with van der Waals surface area (Å²) in [5, 5.41) is 10.7. The quantitative estimate of drug-likeness (QED) is 0.832. The van der Waals surface area contributed by atoms with E-state index in [9.17, 15) is 5.11 Å². The van der Waals surface area contributed by atoms with Crippen molar-refractivity contribution >= 4 is 11.6 Å². The molecule has 0 amide bonds. The Kier molecular flexibility index (Phi) is 4.62. The van der Waals surface area contributed by atoms with Crippen molar-refractivity contribution in [1.82, 2.24) is 0 Å². The van der Waals surface area contributed by atoms with E-state index in [1.54, 1.807) is 0 Å². The first-order valence-electron chi connectivity index (χ1n) is 5.47. The highest BCUT2D eigenvalue weighted by molar-refractivity contribution is 6.31. The maximum atomic E-state index is 9.90. The number of hydrogen-bond acceptors (Lipinski definition) is 1. The van der Waals surface area contributed by atoms with Crippen molar-refractivity contribution in [2.45, 2.75) is 39.7 Å². The highest BCUT2D eigenvalue weighted by Crippen LogP contribution is 2.19. The number of hydrogen-bond donors (Lipinski definition) is 1. The standard InChI is InChI=1S/C13H19ClO/c1-4-9(2)13(15)8-11-5-6-12(14)10(3)7-11/h5-7,9,13,15H,4,8H2,1-3H3. The predicted molar refractivity (Wildman–Crippen MR) is 65.4 cm³/mol. The van der Waals surface area contributed by atoms with Crippen LogP contribution in [0.1, 0.15) is 31.4 Å². The van der Waals surface area contributed by atoms with Gasteiger partial charge in [0, 0.05) is 5.02 Å². The Morgan fingerprint density at radius 1 is 1.40 bits per heavy atom. The zero-order valence-electron chi connectivity index (χ0n) is 9.63. The lowest BCUT2D eigenvalue weighted by Gasteiger charge is -2.17. The lowest BCUT2D eigenvalue weighted by atomic mass is 9.95. The van der Waals surface area contributed by atoms with Crippen molar-refractivity contribution in [2.24, 2.45) is 5.92 Å². The topological polar surface area (TPSA) is 20.2 Å². The van der Waals surface area contributed by atoms with Crippen LogP contribution in [-0.2, 0) is 6.42 Å². The van der Waals surface area contributed by atoms with Crippen molar-refractivity contribution in [2.75, 3.05) is 0 Å².